The zero-order valence-electron chi connectivity index (χ0n) is 18.3. The maximum absolute atomic E-state index is 12.9. The Bertz CT molecular complexity index is 925. The first-order chi connectivity index (χ1) is 14.7. The first kappa shape index (κ1) is 23.7. The van der Waals surface area contributed by atoms with E-state index in [4.69, 9.17) is 15.2 Å². The minimum absolute atomic E-state index is 0.0203. The molecule has 0 aromatic heterocycles. The minimum atomic E-state index is -0.532. The van der Waals surface area contributed by atoms with Crippen LogP contribution in [0.5, 0.6) is 11.5 Å². The molecule has 0 heterocycles. The van der Waals surface area contributed by atoms with Crippen LogP contribution < -0.4 is 20.5 Å². The number of nitrogens with two attached hydrogens (primary N) is 1. The molecule has 0 unspecified atom stereocenters. The van der Waals surface area contributed by atoms with Gasteiger partial charge in [0, 0.05) is 36.3 Å². The number of ether oxygens (including phenoxy) is 2. The van der Waals surface area contributed by atoms with Gasteiger partial charge in [-0.15, -0.1) is 0 Å². The van der Waals surface area contributed by atoms with Gasteiger partial charge in [0.1, 0.15) is 0 Å². The highest BCUT2D eigenvalue weighted by Crippen LogP contribution is 2.29. The SMILES string of the molecule is CCN(CCC(=O)Nc1ccc(C(N)=O)cc1)C(=O)c1ccc(OC(C)C)c(OC)c1. The molecular formula is C23H29N3O5. The Labute approximate surface area is 182 Å². The van der Waals surface area contributed by atoms with E-state index in [1.807, 2.05) is 20.8 Å². The zero-order valence-corrected chi connectivity index (χ0v) is 18.3. The topological polar surface area (TPSA) is 111 Å². The Morgan fingerprint density at radius 1 is 1.03 bits per heavy atom. The largest absolute Gasteiger partial charge is 0.493 e. The number of primary amides is 1. The van der Waals surface area contributed by atoms with Crippen molar-refractivity contribution in [2.45, 2.75) is 33.3 Å². The van der Waals surface area contributed by atoms with Gasteiger partial charge in [-0.2, -0.15) is 0 Å². The summed E-state index contributed by atoms with van der Waals surface area (Å²) in [7, 11) is 1.52. The number of rotatable bonds is 10. The van der Waals surface area contributed by atoms with Crippen LogP contribution in [0.3, 0.4) is 0 Å². The van der Waals surface area contributed by atoms with E-state index in [0.717, 1.165) is 0 Å². The molecule has 0 atom stereocenters. The number of hydrogen-bond acceptors (Lipinski definition) is 5. The number of methoxy groups -OCH3 is 1. The van der Waals surface area contributed by atoms with Gasteiger partial charge in [0.15, 0.2) is 11.5 Å². The summed E-state index contributed by atoms with van der Waals surface area (Å²) in [6.07, 6.45) is 0.108. The number of amides is 3. The fourth-order valence-corrected chi connectivity index (χ4v) is 2.92. The quantitative estimate of drug-likeness (QED) is 0.605. The maximum atomic E-state index is 12.9. The Morgan fingerprint density at radius 3 is 2.23 bits per heavy atom. The molecular weight excluding hydrogens is 398 g/mol. The van der Waals surface area contributed by atoms with Crippen LogP contribution in [0.2, 0.25) is 0 Å². The molecule has 2 aromatic carbocycles. The van der Waals surface area contributed by atoms with Crippen molar-refractivity contribution in [3.63, 3.8) is 0 Å². The summed E-state index contributed by atoms with van der Waals surface area (Å²) >= 11 is 0. The predicted molar refractivity (Wildman–Crippen MR) is 119 cm³/mol. The van der Waals surface area contributed by atoms with E-state index >= 15 is 0 Å². The number of hydrogen-bond donors (Lipinski definition) is 2. The van der Waals surface area contributed by atoms with Gasteiger partial charge in [-0.05, 0) is 63.2 Å². The van der Waals surface area contributed by atoms with Gasteiger partial charge in [0.05, 0.1) is 13.2 Å². The van der Waals surface area contributed by atoms with Crippen LogP contribution in [0.4, 0.5) is 5.69 Å². The Balaban J connectivity index is 1.99. The summed E-state index contributed by atoms with van der Waals surface area (Å²) in [6, 6.07) is 11.3. The average Bonchev–Trinajstić information content (AvgIpc) is 2.74. The lowest BCUT2D eigenvalue weighted by atomic mass is 10.1. The molecule has 0 bridgehead atoms. The van der Waals surface area contributed by atoms with Gasteiger partial charge < -0.3 is 25.4 Å². The molecule has 8 nitrogen and oxygen atoms in total. The van der Waals surface area contributed by atoms with E-state index in [0.29, 0.717) is 34.9 Å². The second-order valence-electron chi connectivity index (χ2n) is 7.16. The lowest BCUT2D eigenvalue weighted by Crippen LogP contribution is -2.33. The molecule has 8 heteroatoms. The maximum Gasteiger partial charge on any atom is 0.253 e. The molecule has 0 fully saturated rings. The summed E-state index contributed by atoms with van der Waals surface area (Å²) in [6.45, 7) is 6.38. The van der Waals surface area contributed by atoms with Crippen molar-refractivity contribution >= 4 is 23.4 Å². The number of anilines is 1. The van der Waals surface area contributed by atoms with Crippen molar-refractivity contribution < 1.29 is 23.9 Å². The molecule has 31 heavy (non-hydrogen) atoms. The van der Waals surface area contributed by atoms with Crippen molar-refractivity contribution in [3.05, 3.63) is 53.6 Å². The van der Waals surface area contributed by atoms with Crippen LogP contribution in [-0.2, 0) is 4.79 Å². The molecule has 3 N–H and O–H groups in total. The van der Waals surface area contributed by atoms with Gasteiger partial charge in [0.2, 0.25) is 11.8 Å². The normalized spacial score (nSPS) is 10.5. The summed E-state index contributed by atoms with van der Waals surface area (Å²) < 4.78 is 11.0. The first-order valence-corrected chi connectivity index (χ1v) is 10.1. The summed E-state index contributed by atoms with van der Waals surface area (Å²) in [5.41, 5.74) is 6.58. The van der Waals surface area contributed by atoms with E-state index in [-0.39, 0.29) is 30.9 Å². The number of nitrogens with zero attached hydrogens (tertiary/aromatic N) is 1. The van der Waals surface area contributed by atoms with Crippen LogP contribution in [0.15, 0.2) is 42.5 Å². The van der Waals surface area contributed by atoms with Crippen molar-refractivity contribution in [1.82, 2.24) is 4.90 Å². The van der Waals surface area contributed by atoms with E-state index in [1.54, 1.807) is 47.4 Å². The summed E-state index contributed by atoms with van der Waals surface area (Å²) in [4.78, 5) is 37.9. The molecule has 0 aliphatic rings. The summed E-state index contributed by atoms with van der Waals surface area (Å²) in [5.74, 6) is 0.0776. The van der Waals surface area contributed by atoms with Gasteiger partial charge in [-0.3, -0.25) is 14.4 Å². The molecule has 0 saturated carbocycles. The monoisotopic (exact) mass is 427 g/mol. The third-order valence-corrected chi connectivity index (χ3v) is 4.50. The zero-order chi connectivity index (χ0) is 23.0. The third kappa shape index (κ3) is 6.74. The fourth-order valence-electron chi connectivity index (χ4n) is 2.92. The Morgan fingerprint density at radius 2 is 1.68 bits per heavy atom. The van der Waals surface area contributed by atoms with Crippen LogP contribution >= 0.6 is 0 Å². The van der Waals surface area contributed by atoms with Crippen LogP contribution in [0.25, 0.3) is 0 Å². The Kier molecular flexibility index (Phi) is 8.43. The van der Waals surface area contributed by atoms with Crippen molar-refractivity contribution in [1.29, 1.82) is 0 Å². The van der Waals surface area contributed by atoms with E-state index in [9.17, 15) is 14.4 Å². The lowest BCUT2D eigenvalue weighted by Gasteiger charge is -2.21. The first-order valence-electron chi connectivity index (χ1n) is 10.1. The molecule has 166 valence electrons. The molecule has 0 aliphatic heterocycles. The van der Waals surface area contributed by atoms with Gasteiger partial charge in [-0.1, -0.05) is 0 Å². The molecule has 0 aliphatic carbocycles. The highest BCUT2D eigenvalue weighted by atomic mass is 16.5. The Hall–Kier alpha value is -3.55. The van der Waals surface area contributed by atoms with Crippen LogP contribution in [0, 0.1) is 0 Å². The summed E-state index contributed by atoms with van der Waals surface area (Å²) in [5, 5.41) is 2.74. The van der Waals surface area contributed by atoms with Crippen molar-refractivity contribution in [2.75, 3.05) is 25.5 Å². The fraction of sp³-hybridized carbons (Fsp3) is 0.348. The second kappa shape index (κ2) is 11.0. The van der Waals surface area contributed by atoms with Crippen molar-refractivity contribution in [3.8, 4) is 11.5 Å². The van der Waals surface area contributed by atoms with Crippen LogP contribution in [-0.4, -0.2) is 48.9 Å². The van der Waals surface area contributed by atoms with Crippen molar-refractivity contribution in [2.24, 2.45) is 5.73 Å². The standard InChI is InChI=1S/C23H29N3O5/c1-5-26(13-12-21(27)25-18-9-6-16(7-10-18)22(24)28)23(29)17-8-11-19(31-15(2)3)20(14-17)30-4/h6-11,14-15H,5,12-13H2,1-4H3,(H2,24,28)(H,25,27). The number of carbonyl (C=O) groups is 3. The van der Waals surface area contributed by atoms with Crippen LogP contribution in [0.1, 0.15) is 47.9 Å². The van der Waals surface area contributed by atoms with E-state index < -0.39 is 5.91 Å². The smallest absolute Gasteiger partial charge is 0.253 e. The minimum Gasteiger partial charge on any atom is -0.493 e. The highest BCUT2D eigenvalue weighted by molar-refractivity contribution is 5.96. The molecule has 2 aromatic rings. The molecule has 0 saturated heterocycles. The number of benzene rings is 2. The van der Waals surface area contributed by atoms with E-state index in [1.165, 1.54) is 7.11 Å². The average molecular weight is 428 g/mol. The van der Waals surface area contributed by atoms with Gasteiger partial charge >= 0.3 is 0 Å². The third-order valence-electron chi connectivity index (χ3n) is 4.50. The highest BCUT2D eigenvalue weighted by Gasteiger charge is 2.18. The molecule has 0 spiro atoms. The number of nitrogens with one attached hydrogen (secondary N) is 1. The second-order valence-corrected chi connectivity index (χ2v) is 7.16. The van der Waals surface area contributed by atoms with Gasteiger partial charge in [0.25, 0.3) is 5.91 Å². The molecule has 2 rings (SSSR count). The lowest BCUT2D eigenvalue weighted by molar-refractivity contribution is -0.116. The van der Waals surface area contributed by atoms with Gasteiger partial charge in [-0.25, -0.2) is 0 Å². The number of carbonyl (C=O) groups excluding carboxylic acids is 3. The molecule has 0 radical (unpaired) electrons. The van der Waals surface area contributed by atoms with E-state index in [2.05, 4.69) is 5.32 Å². The molecule has 3 amide bonds. The predicted octanol–water partition coefficient (Wildman–Crippen LogP) is 3.07.